The fraction of sp³-hybridized carbons (Fsp3) is 1.00. The molecule has 1 nitrogen and oxygen atoms in total. The van der Waals surface area contributed by atoms with Crippen LogP contribution in [0.5, 0.6) is 0 Å². The third-order valence-electron chi connectivity index (χ3n) is 2.89. The second kappa shape index (κ2) is 5.08. The predicted octanol–water partition coefficient (Wildman–Crippen LogP) is 3.07. The Bertz CT molecular complexity index is 127. The number of rotatable bonds is 3. The van der Waals surface area contributed by atoms with Gasteiger partial charge in [-0.25, -0.2) is 0 Å². The molecule has 72 valence electrons. The SMILES string of the molecule is COCC(C)C1CCCCC1Cl. The van der Waals surface area contributed by atoms with Gasteiger partial charge in [0.2, 0.25) is 0 Å². The van der Waals surface area contributed by atoms with Crippen LogP contribution in [-0.2, 0) is 4.74 Å². The van der Waals surface area contributed by atoms with Gasteiger partial charge >= 0.3 is 0 Å². The smallest absolute Gasteiger partial charge is 0.0491 e. The van der Waals surface area contributed by atoms with Gasteiger partial charge in [0.15, 0.2) is 0 Å². The summed E-state index contributed by atoms with van der Waals surface area (Å²) < 4.78 is 5.15. The number of hydrogen-bond donors (Lipinski definition) is 0. The highest BCUT2D eigenvalue weighted by Gasteiger charge is 2.27. The second-order valence-corrected chi connectivity index (χ2v) is 4.46. The summed E-state index contributed by atoms with van der Waals surface area (Å²) in [6.07, 6.45) is 5.14. The van der Waals surface area contributed by atoms with E-state index in [1.165, 1.54) is 25.7 Å². The molecule has 0 saturated heterocycles. The van der Waals surface area contributed by atoms with Crippen LogP contribution < -0.4 is 0 Å². The van der Waals surface area contributed by atoms with Crippen molar-refractivity contribution in [3.63, 3.8) is 0 Å². The van der Waals surface area contributed by atoms with Gasteiger partial charge in [-0.05, 0) is 24.7 Å². The summed E-state index contributed by atoms with van der Waals surface area (Å²) in [5.74, 6) is 1.30. The van der Waals surface area contributed by atoms with Crippen molar-refractivity contribution >= 4 is 11.6 Å². The van der Waals surface area contributed by atoms with Gasteiger partial charge in [0, 0.05) is 19.1 Å². The molecule has 2 heteroatoms. The maximum absolute atomic E-state index is 6.26. The maximum Gasteiger partial charge on any atom is 0.0491 e. The number of hydrogen-bond acceptors (Lipinski definition) is 1. The molecule has 0 aromatic rings. The molecule has 1 fully saturated rings. The Labute approximate surface area is 80.4 Å². The van der Waals surface area contributed by atoms with Crippen LogP contribution in [0, 0.1) is 11.8 Å². The predicted molar refractivity (Wildman–Crippen MR) is 52.6 cm³/mol. The van der Waals surface area contributed by atoms with E-state index in [2.05, 4.69) is 6.92 Å². The van der Waals surface area contributed by atoms with Crippen molar-refractivity contribution in [3.8, 4) is 0 Å². The van der Waals surface area contributed by atoms with Crippen molar-refractivity contribution < 1.29 is 4.74 Å². The van der Waals surface area contributed by atoms with Crippen LogP contribution in [0.15, 0.2) is 0 Å². The normalized spacial score (nSPS) is 33.2. The fourth-order valence-corrected chi connectivity index (χ4v) is 2.67. The zero-order chi connectivity index (χ0) is 8.97. The van der Waals surface area contributed by atoms with Crippen molar-refractivity contribution in [2.75, 3.05) is 13.7 Å². The van der Waals surface area contributed by atoms with E-state index in [0.29, 0.717) is 17.2 Å². The summed E-state index contributed by atoms with van der Waals surface area (Å²) in [7, 11) is 1.77. The van der Waals surface area contributed by atoms with Gasteiger partial charge in [-0.1, -0.05) is 19.8 Å². The summed E-state index contributed by atoms with van der Waals surface area (Å²) in [5, 5.41) is 0.392. The first-order valence-electron chi connectivity index (χ1n) is 4.88. The van der Waals surface area contributed by atoms with Gasteiger partial charge in [0.25, 0.3) is 0 Å². The van der Waals surface area contributed by atoms with Gasteiger partial charge in [0.1, 0.15) is 0 Å². The third kappa shape index (κ3) is 2.63. The Morgan fingerprint density at radius 3 is 2.67 bits per heavy atom. The lowest BCUT2D eigenvalue weighted by Crippen LogP contribution is -2.28. The van der Waals surface area contributed by atoms with Crippen molar-refractivity contribution in [1.82, 2.24) is 0 Å². The van der Waals surface area contributed by atoms with Crippen molar-refractivity contribution in [2.45, 2.75) is 38.0 Å². The Morgan fingerprint density at radius 1 is 1.42 bits per heavy atom. The minimum Gasteiger partial charge on any atom is -0.384 e. The molecule has 0 amide bonds. The number of ether oxygens (including phenoxy) is 1. The number of halogens is 1. The van der Waals surface area contributed by atoms with Crippen LogP contribution in [0.3, 0.4) is 0 Å². The second-order valence-electron chi connectivity index (χ2n) is 3.90. The fourth-order valence-electron chi connectivity index (χ4n) is 2.14. The highest BCUT2D eigenvalue weighted by molar-refractivity contribution is 6.20. The van der Waals surface area contributed by atoms with Gasteiger partial charge in [-0.2, -0.15) is 0 Å². The van der Waals surface area contributed by atoms with E-state index in [1.54, 1.807) is 7.11 Å². The van der Waals surface area contributed by atoms with E-state index in [0.717, 1.165) is 6.61 Å². The minimum absolute atomic E-state index is 0.392. The van der Waals surface area contributed by atoms with Gasteiger partial charge in [-0.3, -0.25) is 0 Å². The standard InChI is InChI=1S/C10H19ClO/c1-8(7-12-2)9-5-3-4-6-10(9)11/h8-10H,3-7H2,1-2H3. The lowest BCUT2D eigenvalue weighted by Gasteiger charge is -2.31. The molecule has 1 saturated carbocycles. The van der Waals surface area contributed by atoms with Crippen molar-refractivity contribution in [2.24, 2.45) is 11.8 Å². The van der Waals surface area contributed by atoms with E-state index >= 15 is 0 Å². The topological polar surface area (TPSA) is 9.23 Å². The molecule has 12 heavy (non-hydrogen) atoms. The van der Waals surface area contributed by atoms with Crippen LogP contribution in [0.4, 0.5) is 0 Å². The zero-order valence-electron chi connectivity index (χ0n) is 8.05. The average Bonchev–Trinajstić information content (AvgIpc) is 2.05. The maximum atomic E-state index is 6.26. The highest BCUT2D eigenvalue weighted by atomic mass is 35.5. The summed E-state index contributed by atoms with van der Waals surface area (Å²) in [6, 6.07) is 0. The van der Waals surface area contributed by atoms with Crippen LogP contribution in [0.25, 0.3) is 0 Å². The van der Waals surface area contributed by atoms with E-state index < -0.39 is 0 Å². The molecule has 0 bridgehead atoms. The first kappa shape index (κ1) is 10.3. The molecule has 3 atom stereocenters. The Balaban J connectivity index is 2.36. The Kier molecular flexibility index (Phi) is 4.38. The zero-order valence-corrected chi connectivity index (χ0v) is 8.81. The molecule has 0 spiro atoms. The van der Waals surface area contributed by atoms with Crippen LogP contribution >= 0.6 is 11.6 Å². The highest BCUT2D eigenvalue weighted by Crippen LogP contribution is 2.33. The first-order valence-corrected chi connectivity index (χ1v) is 5.32. The van der Waals surface area contributed by atoms with Crippen molar-refractivity contribution in [1.29, 1.82) is 0 Å². The molecule has 0 aliphatic heterocycles. The van der Waals surface area contributed by atoms with E-state index in [-0.39, 0.29) is 0 Å². The molecule has 3 unspecified atom stereocenters. The van der Waals surface area contributed by atoms with Crippen LogP contribution in [0.2, 0.25) is 0 Å². The van der Waals surface area contributed by atoms with E-state index in [9.17, 15) is 0 Å². The van der Waals surface area contributed by atoms with Gasteiger partial charge in [0.05, 0.1) is 0 Å². The van der Waals surface area contributed by atoms with Crippen LogP contribution in [0.1, 0.15) is 32.6 Å². The van der Waals surface area contributed by atoms with Crippen LogP contribution in [-0.4, -0.2) is 19.1 Å². The molecule has 0 aromatic carbocycles. The lowest BCUT2D eigenvalue weighted by atomic mass is 9.81. The molecule has 0 N–H and O–H groups in total. The van der Waals surface area contributed by atoms with Gasteiger partial charge in [-0.15, -0.1) is 11.6 Å². The van der Waals surface area contributed by atoms with Gasteiger partial charge < -0.3 is 4.74 Å². The summed E-state index contributed by atoms with van der Waals surface area (Å²) >= 11 is 6.26. The molecule has 1 aliphatic rings. The monoisotopic (exact) mass is 190 g/mol. The molecule has 1 rings (SSSR count). The molecular weight excluding hydrogens is 172 g/mol. The Morgan fingerprint density at radius 2 is 2.08 bits per heavy atom. The average molecular weight is 191 g/mol. The minimum atomic E-state index is 0.392. The molecule has 0 heterocycles. The third-order valence-corrected chi connectivity index (χ3v) is 3.43. The van der Waals surface area contributed by atoms with Crippen molar-refractivity contribution in [3.05, 3.63) is 0 Å². The largest absolute Gasteiger partial charge is 0.384 e. The summed E-state index contributed by atoms with van der Waals surface area (Å²) in [5.41, 5.74) is 0. The quantitative estimate of drug-likeness (QED) is 0.622. The number of alkyl halides is 1. The molecular formula is C10H19ClO. The van der Waals surface area contributed by atoms with E-state index in [4.69, 9.17) is 16.3 Å². The number of methoxy groups -OCH3 is 1. The molecule has 1 aliphatic carbocycles. The summed E-state index contributed by atoms with van der Waals surface area (Å²) in [4.78, 5) is 0. The Hall–Kier alpha value is 0.250. The molecule has 0 radical (unpaired) electrons. The lowest BCUT2D eigenvalue weighted by molar-refractivity contribution is 0.116. The van der Waals surface area contributed by atoms with E-state index in [1.807, 2.05) is 0 Å². The summed E-state index contributed by atoms with van der Waals surface area (Å²) in [6.45, 7) is 3.10. The molecule has 0 aromatic heterocycles. The first-order chi connectivity index (χ1) is 5.75.